The number of amides is 1. The summed E-state index contributed by atoms with van der Waals surface area (Å²) in [5.74, 6) is 0.561. The van der Waals surface area contributed by atoms with Crippen molar-refractivity contribution in [2.75, 3.05) is 17.2 Å². The lowest BCUT2D eigenvalue weighted by Gasteiger charge is -2.26. The van der Waals surface area contributed by atoms with E-state index in [2.05, 4.69) is 30.6 Å². The number of anilines is 2. The maximum absolute atomic E-state index is 11.6. The van der Waals surface area contributed by atoms with Crippen LogP contribution in [0, 0.1) is 16.7 Å². The lowest BCUT2D eigenvalue weighted by atomic mass is 9.88. The zero-order chi connectivity index (χ0) is 15.5. The molecule has 0 saturated heterocycles. The predicted molar refractivity (Wildman–Crippen MR) is 82.3 cm³/mol. The van der Waals surface area contributed by atoms with E-state index < -0.39 is 6.10 Å². The summed E-state index contributed by atoms with van der Waals surface area (Å²) < 4.78 is 5.52. The van der Waals surface area contributed by atoms with E-state index in [9.17, 15) is 4.79 Å². The van der Waals surface area contributed by atoms with E-state index in [1.165, 1.54) is 0 Å². The third kappa shape index (κ3) is 3.88. The van der Waals surface area contributed by atoms with E-state index in [0.29, 0.717) is 17.9 Å². The van der Waals surface area contributed by atoms with E-state index in [1.807, 2.05) is 18.2 Å². The van der Waals surface area contributed by atoms with Gasteiger partial charge in [0.15, 0.2) is 6.10 Å². The van der Waals surface area contributed by atoms with Gasteiger partial charge in [0.05, 0.1) is 11.8 Å². The summed E-state index contributed by atoms with van der Waals surface area (Å²) in [6.45, 7) is 6.74. The van der Waals surface area contributed by atoms with Gasteiger partial charge in [0.2, 0.25) is 0 Å². The molecule has 1 aliphatic rings. The maximum Gasteiger partial charge on any atom is 0.265 e. The molecule has 0 aromatic heterocycles. The number of fused-ring (bicyclic) bond motifs is 1. The number of carbonyl (C=O) groups excluding carboxylic acids is 1. The van der Waals surface area contributed by atoms with Crippen molar-refractivity contribution in [3.05, 3.63) is 18.2 Å². The molecule has 1 amide bonds. The molecule has 1 unspecified atom stereocenters. The molecule has 5 nitrogen and oxygen atoms in total. The van der Waals surface area contributed by atoms with Crippen molar-refractivity contribution in [2.24, 2.45) is 5.41 Å². The molecule has 112 valence electrons. The van der Waals surface area contributed by atoms with Crippen LogP contribution in [-0.2, 0) is 4.79 Å². The molecule has 1 atom stereocenters. The van der Waals surface area contributed by atoms with E-state index in [1.54, 1.807) is 6.92 Å². The Morgan fingerprint density at radius 2 is 2.24 bits per heavy atom. The monoisotopic (exact) mass is 287 g/mol. The average molecular weight is 287 g/mol. The second-order valence-electron chi connectivity index (χ2n) is 6.14. The van der Waals surface area contributed by atoms with Gasteiger partial charge in [-0.15, -0.1) is 0 Å². The maximum atomic E-state index is 11.6. The highest BCUT2D eigenvalue weighted by molar-refractivity contribution is 5.98. The Labute approximate surface area is 125 Å². The molecule has 2 N–H and O–H groups in total. The average Bonchev–Trinajstić information content (AvgIpc) is 2.44. The Morgan fingerprint density at radius 3 is 2.95 bits per heavy atom. The number of nitriles is 1. The van der Waals surface area contributed by atoms with Gasteiger partial charge in [0.25, 0.3) is 5.91 Å². The number of hydrogen-bond acceptors (Lipinski definition) is 4. The van der Waals surface area contributed by atoms with Crippen LogP contribution in [0.3, 0.4) is 0 Å². The second kappa shape index (κ2) is 6.04. The zero-order valence-corrected chi connectivity index (χ0v) is 12.7. The molecule has 0 spiro atoms. The number of hydrogen-bond donors (Lipinski definition) is 2. The van der Waals surface area contributed by atoms with Gasteiger partial charge in [-0.2, -0.15) is 5.26 Å². The van der Waals surface area contributed by atoms with E-state index >= 15 is 0 Å². The van der Waals surface area contributed by atoms with Crippen molar-refractivity contribution in [2.45, 2.75) is 39.7 Å². The Hall–Kier alpha value is -2.22. The molecule has 1 aromatic carbocycles. The molecule has 1 aliphatic heterocycles. The summed E-state index contributed by atoms with van der Waals surface area (Å²) in [7, 11) is 0. The predicted octanol–water partition coefficient (Wildman–Crippen LogP) is 3.15. The van der Waals surface area contributed by atoms with Gasteiger partial charge >= 0.3 is 0 Å². The smallest absolute Gasteiger partial charge is 0.265 e. The summed E-state index contributed by atoms with van der Waals surface area (Å²) in [6, 6.07) is 7.85. The summed E-state index contributed by atoms with van der Waals surface area (Å²) in [5, 5.41) is 14.9. The van der Waals surface area contributed by atoms with E-state index in [0.717, 1.165) is 18.7 Å². The van der Waals surface area contributed by atoms with Crippen molar-refractivity contribution < 1.29 is 9.53 Å². The minimum absolute atomic E-state index is 0.0416. The number of carbonyl (C=O) groups is 1. The van der Waals surface area contributed by atoms with Crippen LogP contribution in [0.15, 0.2) is 18.2 Å². The van der Waals surface area contributed by atoms with Crippen LogP contribution in [0.4, 0.5) is 11.4 Å². The standard InChI is InChI=1S/C16H21N3O2/c1-11-15(20)19-13-9-12(5-6-14(13)21-11)18-10-16(2,3)7-4-8-17/h5-6,9,11,18H,4,7,10H2,1-3H3,(H,19,20). The molecule has 0 fully saturated rings. The molecule has 0 bridgehead atoms. The molecule has 1 heterocycles. The number of benzene rings is 1. The van der Waals surface area contributed by atoms with Crippen LogP contribution in [0.1, 0.15) is 33.6 Å². The second-order valence-corrected chi connectivity index (χ2v) is 6.14. The first kappa shape index (κ1) is 15.2. The summed E-state index contributed by atoms with van der Waals surface area (Å²) in [5.41, 5.74) is 1.66. The molecular weight excluding hydrogens is 266 g/mol. The fourth-order valence-electron chi connectivity index (χ4n) is 2.14. The highest BCUT2D eigenvalue weighted by Crippen LogP contribution is 2.32. The summed E-state index contributed by atoms with van der Waals surface area (Å²) in [4.78, 5) is 11.6. The van der Waals surface area contributed by atoms with Gasteiger partial charge in [-0.3, -0.25) is 4.79 Å². The van der Waals surface area contributed by atoms with Gasteiger partial charge in [0, 0.05) is 18.7 Å². The molecular formula is C16H21N3O2. The van der Waals surface area contributed by atoms with Crippen molar-refractivity contribution in [3.63, 3.8) is 0 Å². The topological polar surface area (TPSA) is 74.2 Å². The number of nitrogens with zero attached hydrogens (tertiary/aromatic N) is 1. The van der Waals surface area contributed by atoms with Gasteiger partial charge in [-0.05, 0) is 37.0 Å². The quantitative estimate of drug-likeness (QED) is 0.872. The summed E-state index contributed by atoms with van der Waals surface area (Å²) >= 11 is 0. The normalized spacial score (nSPS) is 17.2. The first-order valence-corrected chi connectivity index (χ1v) is 7.14. The van der Waals surface area contributed by atoms with E-state index in [-0.39, 0.29) is 11.3 Å². The van der Waals surface area contributed by atoms with Gasteiger partial charge in [-0.1, -0.05) is 13.8 Å². The van der Waals surface area contributed by atoms with Gasteiger partial charge < -0.3 is 15.4 Å². The van der Waals surface area contributed by atoms with Crippen molar-refractivity contribution in [1.82, 2.24) is 0 Å². The molecule has 5 heteroatoms. The highest BCUT2D eigenvalue weighted by Gasteiger charge is 2.24. The third-order valence-corrected chi connectivity index (χ3v) is 3.60. The Morgan fingerprint density at radius 1 is 1.48 bits per heavy atom. The fraction of sp³-hybridized carbons (Fsp3) is 0.500. The van der Waals surface area contributed by atoms with Gasteiger partial charge in [0.1, 0.15) is 5.75 Å². The van der Waals surface area contributed by atoms with Crippen LogP contribution in [-0.4, -0.2) is 18.6 Å². The third-order valence-electron chi connectivity index (χ3n) is 3.60. The summed E-state index contributed by atoms with van der Waals surface area (Å²) in [6.07, 6.45) is 0.945. The van der Waals surface area contributed by atoms with Crippen LogP contribution in [0.5, 0.6) is 5.75 Å². The molecule has 0 aliphatic carbocycles. The van der Waals surface area contributed by atoms with E-state index in [4.69, 9.17) is 10.00 Å². The number of nitrogens with one attached hydrogen (secondary N) is 2. The van der Waals surface area contributed by atoms with Crippen molar-refractivity contribution in [3.8, 4) is 11.8 Å². The van der Waals surface area contributed by atoms with Crippen LogP contribution in [0.2, 0.25) is 0 Å². The Bertz CT molecular complexity index is 575. The van der Waals surface area contributed by atoms with Gasteiger partial charge in [-0.25, -0.2) is 0 Å². The molecule has 1 aromatic rings. The van der Waals surface area contributed by atoms with Crippen molar-refractivity contribution >= 4 is 17.3 Å². The molecule has 21 heavy (non-hydrogen) atoms. The zero-order valence-electron chi connectivity index (χ0n) is 12.7. The Balaban J connectivity index is 2.01. The fourth-order valence-corrected chi connectivity index (χ4v) is 2.14. The Kier molecular flexibility index (Phi) is 4.37. The van der Waals surface area contributed by atoms with Crippen LogP contribution in [0.25, 0.3) is 0 Å². The minimum Gasteiger partial charge on any atom is -0.479 e. The molecule has 0 radical (unpaired) electrons. The number of rotatable bonds is 5. The minimum atomic E-state index is -0.457. The first-order valence-electron chi connectivity index (χ1n) is 7.14. The lowest BCUT2D eigenvalue weighted by Crippen LogP contribution is -2.34. The molecule has 0 saturated carbocycles. The lowest BCUT2D eigenvalue weighted by molar-refractivity contribution is -0.122. The largest absolute Gasteiger partial charge is 0.479 e. The molecule has 2 rings (SSSR count). The SMILES string of the molecule is CC1Oc2ccc(NCC(C)(C)CCC#N)cc2NC1=O. The number of ether oxygens (including phenoxy) is 1. The van der Waals surface area contributed by atoms with Crippen LogP contribution >= 0.6 is 0 Å². The first-order chi connectivity index (χ1) is 9.91. The van der Waals surface area contributed by atoms with Crippen LogP contribution < -0.4 is 15.4 Å². The highest BCUT2D eigenvalue weighted by atomic mass is 16.5. The van der Waals surface area contributed by atoms with Crippen molar-refractivity contribution in [1.29, 1.82) is 5.26 Å².